The fraction of sp³-hybridized carbons (Fsp3) is 1.00. The van der Waals surface area contributed by atoms with Gasteiger partial charge in [-0.25, -0.2) is 0 Å². The monoisotopic (exact) mass is 265 g/mol. The van der Waals surface area contributed by atoms with Crippen LogP contribution in [-0.2, 0) is 4.74 Å². The molecule has 0 aromatic rings. The standard InChI is InChI=1S/C17H31NO/c1-2-9-18-16-5-7-17(8-6-16)19-12-15-11-13-3-4-14(15)10-13/h13-18H,2-12H2,1H3. The second-order valence-corrected chi connectivity index (χ2v) is 7.20. The molecule has 3 rings (SSSR count). The van der Waals surface area contributed by atoms with Crippen LogP contribution in [0.2, 0.25) is 0 Å². The molecule has 3 saturated carbocycles. The van der Waals surface area contributed by atoms with Crippen LogP contribution in [0, 0.1) is 17.8 Å². The molecule has 19 heavy (non-hydrogen) atoms. The molecule has 3 aliphatic rings. The molecule has 3 atom stereocenters. The number of ether oxygens (including phenoxy) is 1. The molecular formula is C17H31NO. The topological polar surface area (TPSA) is 21.3 Å². The number of hydrogen-bond acceptors (Lipinski definition) is 2. The SMILES string of the molecule is CCCNC1CCC(OCC2CC3CCC2C3)CC1. The molecule has 0 spiro atoms. The molecule has 0 aromatic carbocycles. The van der Waals surface area contributed by atoms with Crippen molar-refractivity contribution in [2.45, 2.75) is 76.9 Å². The molecule has 2 heteroatoms. The van der Waals surface area contributed by atoms with Crippen molar-refractivity contribution in [3.05, 3.63) is 0 Å². The van der Waals surface area contributed by atoms with Gasteiger partial charge in [-0.2, -0.15) is 0 Å². The van der Waals surface area contributed by atoms with E-state index in [1.807, 2.05) is 0 Å². The fourth-order valence-electron chi connectivity index (χ4n) is 4.62. The zero-order valence-corrected chi connectivity index (χ0v) is 12.6. The Morgan fingerprint density at radius 3 is 2.47 bits per heavy atom. The Labute approximate surface area is 118 Å². The lowest BCUT2D eigenvalue weighted by Crippen LogP contribution is -2.36. The van der Waals surface area contributed by atoms with Gasteiger partial charge in [-0.3, -0.25) is 0 Å². The minimum Gasteiger partial charge on any atom is -0.378 e. The number of hydrogen-bond donors (Lipinski definition) is 1. The van der Waals surface area contributed by atoms with Gasteiger partial charge in [-0.05, 0) is 75.7 Å². The average molecular weight is 265 g/mol. The van der Waals surface area contributed by atoms with Crippen LogP contribution in [0.25, 0.3) is 0 Å². The normalized spacial score (nSPS) is 41.8. The first-order valence-electron chi connectivity index (χ1n) is 8.70. The fourth-order valence-corrected chi connectivity index (χ4v) is 4.62. The lowest BCUT2D eigenvalue weighted by Gasteiger charge is -2.31. The largest absolute Gasteiger partial charge is 0.378 e. The first-order chi connectivity index (χ1) is 9.35. The molecule has 0 aliphatic heterocycles. The predicted octanol–water partition coefficient (Wildman–Crippen LogP) is 3.75. The molecule has 2 bridgehead atoms. The number of fused-ring (bicyclic) bond motifs is 2. The highest BCUT2D eigenvalue weighted by Crippen LogP contribution is 2.48. The minimum absolute atomic E-state index is 0.568. The number of nitrogens with one attached hydrogen (secondary N) is 1. The van der Waals surface area contributed by atoms with Gasteiger partial charge in [0.15, 0.2) is 0 Å². The summed E-state index contributed by atoms with van der Waals surface area (Å²) in [4.78, 5) is 0. The third-order valence-corrected chi connectivity index (χ3v) is 5.79. The van der Waals surface area contributed by atoms with E-state index in [-0.39, 0.29) is 0 Å². The Morgan fingerprint density at radius 2 is 1.84 bits per heavy atom. The van der Waals surface area contributed by atoms with Gasteiger partial charge in [0.1, 0.15) is 0 Å². The van der Waals surface area contributed by atoms with E-state index in [9.17, 15) is 0 Å². The molecule has 0 aromatic heterocycles. The molecular weight excluding hydrogens is 234 g/mol. The molecule has 3 unspecified atom stereocenters. The summed E-state index contributed by atoms with van der Waals surface area (Å²) in [5, 5.41) is 3.66. The van der Waals surface area contributed by atoms with Gasteiger partial charge < -0.3 is 10.1 Å². The van der Waals surface area contributed by atoms with Gasteiger partial charge in [0, 0.05) is 6.04 Å². The summed E-state index contributed by atoms with van der Waals surface area (Å²) in [5.41, 5.74) is 0. The highest BCUT2D eigenvalue weighted by atomic mass is 16.5. The van der Waals surface area contributed by atoms with E-state index in [2.05, 4.69) is 12.2 Å². The Hall–Kier alpha value is -0.0800. The summed E-state index contributed by atoms with van der Waals surface area (Å²) in [7, 11) is 0. The Bertz CT molecular complexity index is 272. The average Bonchev–Trinajstić information content (AvgIpc) is 3.06. The van der Waals surface area contributed by atoms with Crippen molar-refractivity contribution in [1.82, 2.24) is 5.32 Å². The van der Waals surface area contributed by atoms with E-state index in [0.29, 0.717) is 6.10 Å². The second-order valence-electron chi connectivity index (χ2n) is 7.20. The van der Waals surface area contributed by atoms with Crippen LogP contribution >= 0.6 is 0 Å². The van der Waals surface area contributed by atoms with E-state index in [4.69, 9.17) is 4.74 Å². The quantitative estimate of drug-likeness (QED) is 0.789. The van der Waals surface area contributed by atoms with Crippen molar-refractivity contribution in [3.63, 3.8) is 0 Å². The van der Waals surface area contributed by atoms with Crippen LogP contribution in [-0.4, -0.2) is 25.3 Å². The maximum Gasteiger partial charge on any atom is 0.0576 e. The van der Waals surface area contributed by atoms with Gasteiger partial charge in [-0.1, -0.05) is 13.3 Å². The van der Waals surface area contributed by atoms with Gasteiger partial charge in [0.05, 0.1) is 12.7 Å². The van der Waals surface area contributed by atoms with Crippen molar-refractivity contribution >= 4 is 0 Å². The molecule has 0 heterocycles. The predicted molar refractivity (Wildman–Crippen MR) is 79.2 cm³/mol. The molecule has 0 radical (unpaired) electrons. The lowest BCUT2D eigenvalue weighted by molar-refractivity contribution is -0.00677. The molecule has 1 N–H and O–H groups in total. The van der Waals surface area contributed by atoms with Crippen LogP contribution in [0.4, 0.5) is 0 Å². The molecule has 3 fully saturated rings. The lowest BCUT2D eigenvalue weighted by atomic mass is 9.89. The minimum atomic E-state index is 0.568. The molecule has 2 nitrogen and oxygen atoms in total. The third-order valence-electron chi connectivity index (χ3n) is 5.79. The van der Waals surface area contributed by atoms with E-state index in [1.165, 1.54) is 64.3 Å². The van der Waals surface area contributed by atoms with Gasteiger partial charge >= 0.3 is 0 Å². The van der Waals surface area contributed by atoms with E-state index in [0.717, 1.165) is 30.4 Å². The summed E-state index contributed by atoms with van der Waals surface area (Å²) in [6, 6.07) is 0.766. The van der Waals surface area contributed by atoms with Crippen molar-refractivity contribution in [2.75, 3.05) is 13.2 Å². The summed E-state index contributed by atoms with van der Waals surface area (Å²) in [6.45, 7) is 4.50. The Morgan fingerprint density at radius 1 is 1.00 bits per heavy atom. The first-order valence-corrected chi connectivity index (χ1v) is 8.70. The van der Waals surface area contributed by atoms with Gasteiger partial charge in [0.25, 0.3) is 0 Å². The van der Waals surface area contributed by atoms with Crippen molar-refractivity contribution in [2.24, 2.45) is 17.8 Å². The molecule has 110 valence electrons. The van der Waals surface area contributed by atoms with Crippen molar-refractivity contribution in [3.8, 4) is 0 Å². The molecule has 0 saturated heterocycles. The summed E-state index contributed by atoms with van der Waals surface area (Å²) < 4.78 is 6.24. The van der Waals surface area contributed by atoms with Crippen LogP contribution in [0.1, 0.15) is 64.7 Å². The zero-order valence-electron chi connectivity index (χ0n) is 12.6. The van der Waals surface area contributed by atoms with Crippen LogP contribution in [0.15, 0.2) is 0 Å². The van der Waals surface area contributed by atoms with Crippen molar-refractivity contribution < 1.29 is 4.74 Å². The van der Waals surface area contributed by atoms with E-state index < -0.39 is 0 Å². The zero-order chi connectivity index (χ0) is 13.1. The third kappa shape index (κ3) is 3.52. The Kier molecular flexibility index (Phi) is 4.81. The highest BCUT2D eigenvalue weighted by molar-refractivity contribution is 4.90. The molecule has 3 aliphatic carbocycles. The summed E-state index contributed by atoms with van der Waals surface area (Å²) >= 11 is 0. The van der Waals surface area contributed by atoms with Gasteiger partial charge in [0.2, 0.25) is 0 Å². The maximum atomic E-state index is 6.24. The summed E-state index contributed by atoms with van der Waals surface area (Å²) in [6.07, 6.45) is 13.0. The summed E-state index contributed by atoms with van der Waals surface area (Å²) in [5.74, 6) is 3.00. The van der Waals surface area contributed by atoms with E-state index in [1.54, 1.807) is 0 Å². The van der Waals surface area contributed by atoms with Gasteiger partial charge in [-0.15, -0.1) is 0 Å². The smallest absolute Gasteiger partial charge is 0.0576 e. The maximum absolute atomic E-state index is 6.24. The first kappa shape index (κ1) is 13.9. The van der Waals surface area contributed by atoms with Crippen LogP contribution in [0.3, 0.4) is 0 Å². The number of rotatable bonds is 6. The highest BCUT2D eigenvalue weighted by Gasteiger charge is 2.39. The second kappa shape index (κ2) is 6.58. The van der Waals surface area contributed by atoms with Crippen LogP contribution < -0.4 is 5.32 Å². The Balaban J connectivity index is 1.32. The van der Waals surface area contributed by atoms with Crippen LogP contribution in [0.5, 0.6) is 0 Å². The van der Waals surface area contributed by atoms with E-state index >= 15 is 0 Å². The van der Waals surface area contributed by atoms with Crippen molar-refractivity contribution in [1.29, 1.82) is 0 Å². The molecule has 0 amide bonds.